The van der Waals surface area contributed by atoms with Gasteiger partial charge in [-0.2, -0.15) is 0 Å². The number of fused-ring (bicyclic) bond motifs is 2. The third kappa shape index (κ3) is 3.29. The molecular formula is C22H20O6. The van der Waals surface area contributed by atoms with Gasteiger partial charge in [0.2, 0.25) is 12.2 Å². The van der Waals surface area contributed by atoms with E-state index in [0.717, 1.165) is 0 Å². The van der Waals surface area contributed by atoms with Gasteiger partial charge in [0.15, 0.2) is 11.5 Å². The van der Waals surface area contributed by atoms with E-state index in [-0.39, 0.29) is 12.2 Å². The van der Waals surface area contributed by atoms with Gasteiger partial charge in [-0.05, 0) is 38.1 Å². The largest absolute Gasteiger partial charge is 0.496 e. The third-order valence-corrected chi connectivity index (χ3v) is 4.47. The summed E-state index contributed by atoms with van der Waals surface area (Å²) < 4.78 is 27.6. The molecule has 1 aliphatic heterocycles. The highest BCUT2D eigenvalue weighted by atomic mass is 16.7. The Morgan fingerprint density at radius 2 is 1.89 bits per heavy atom. The second kappa shape index (κ2) is 7.31. The molecule has 0 saturated carbocycles. The Labute approximate surface area is 161 Å². The van der Waals surface area contributed by atoms with Gasteiger partial charge in [0.05, 0.1) is 18.1 Å². The van der Waals surface area contributed by atoms with E-state index >= 15 is 0 Å². The molecule has 0 bridgehead atoms. The molecule has 0 amide bonds. The Kier molecular flexibility index (Phi) is 4.69. The van der Waals surface area contributed by atoms with Crippen LogP contribution in [0.4, 0.5) is 0 Å². The first-order valence-electron chi connectivity index (χ1n) is 8.86. The smallest absolute Gasteiger partial charge is 0.231 e. The van der Waals surface area contributed by atoms with Crippen LogP contribution in [0.3, 0.4) is 0 Å². The van der Waals surface area contributed by atoms with E-state index in [4.69, 9.17) is 23.4 Å². The average molecular weight is 380 g/mol. The van der Waals surface area contributed by atoms with Crippen molar-refractivity contribution in [3.8, 4) is 34.1 Å². The summed E-state index contributed by atoms with van der Waals surface area (Å²) in [4.78, 5) is 13.1. The van der Waals surface area contributed by atoms with E-state index in [0.29, 0.717) is 51.7 Å². The molecule has 1 aliphatic rings. The van der Waals surface area contributed by atoms with Crippen molar-refractivity contribution in [2.45, 2.75) is 13.8 Å². The molecule has 0 atom stereocenters. The first kappa shape index (κ1) is 18.0. The summed E-state index contributed by atoms with van der Waals surface area (Å²) in [6, 6.07) is 8.63. The zero-order chi connectivity index (χ0) is 19.7. The number of rotatable bonds is 5. The second-order valence-corrected chi connectivity index (χ2v) is 6.63. The summed E-state index contributed by atoms with van der Waals surface area (Å²) in [5, 5.41) is 0.465. The van der Waals surface area contributed by atoms with Gasteiger partial charge in [-0.1, -0.05) is 5.57 Å². The van der Waals surface area contributed by atoms with Crippen molar-refractivity contribution in [3.05, 3.63) is 58.5 Å². The number of benzene rings is 2. The first-order chi connectivity index (χ1) is 13.6. The maximum absolute atomic E-state index is 13.1. The average Bonchev–Trinajstić information content (AvgIpc) is 3.14. The molecule has 144 valence electrons. The maximum Gasteiger partial charge on any atom is 0.231 e. The van der Waals surface area contributed by atoms with Crippen molar-refractivity contribution in [1.29, 1.82) is 0 Å². The Hall–Kier alpha value is -3.41. The van der Waals surface area contributed by atoms with Crippen LogP contribution in [-0.4, -0.2) is 20.5 Å². The predicted molar refractivity (Wildman–Crippen MR) is 106 cm³/mol. The second-order valence-electron chi connectivity index (χ2n) is 6.63. The lowest BCUT2D eigenvalue weighted by molar-refractivity contribution is 0.174. The predicted octanol–water partition coefficient (Wildman–Crippen LogP) is 4.54. The highest BCUT2D eigenvalue weighted by Gasteiger charge is 2.21. The van der Waals surface area contributed by atoms with Gasteiger partial charge in [-0.25, -0.2) is 0 Å². The van der Waals surface area contributed by atoms with E-state index in [2.05, 4.69) is 0 Å². The summed E-state index contributed by atoms with van der Waals surface area (Å²) >= 11 is 0. The molecule has 0 saturated heterocycles. The molecule has 4 rings (SSSR count). The topological polar surface area (TPSA) is 67.1 Å². The fourth-order valence-electron chi connectivity index (χ4n) is 2.99. The van der Waals surface area contributed by atoms with E-state index in [1.807, 2.05) is 19.9 Å². The van der Waals surface area contributed by atoms with Crippen LogP contribution in [0.5, 0.6) is 23.0 Å². The molecule has 0 unspecified atom stereocenters. The summed E-state index contributed by atoms with van der Waals surface area (Å²) in [5.74, 6) is 2.31. The van der Waals surface area contributed by atoms with Crippen molar-refractivity contribution >= 4 is 11.0 Å². The number of methoxy groups -OCH3 is 1. The van der Waals surface area contributed by atoms with E-state index in [1.165, 1.54) is 11.8 Å². The van der Waals surface area contributed by atoms with Crippen molar-refractivity contribution < 1.29 is 23.4 Å². The van der Waals surface area contributed by atoms with Gasteiger partial charge < -0.3 is 23.4 Å². The minimum atomic E-state index is -0.158. The van der Waals surface area contributed by atoms with Crippen LogP contribution >= 0.6 is 0 Å². The normalized spacial score (nSPS) is 12.1. The summed E-state index contributed by atoms with van der Waals surface area (Å²) in [7, 11) is 1.54. The van der Waals surface area contributed by atoms with E-state index < -0.39 is 0 Å². The van der Waals surface area contributed by atoms with E-state index in [1.54, 1.807) is 37.4 Å². The van der Waals surface area contributed by atoms with Crippen LogP contribution in [0.25, 0.3) is 22.1 Å². The molecule has 1 aromatic heterocycles. The standard InChI is InChI=1S/C22H20O6/c1-13(2)6-7-25-14-4-5-15-19(8-14)26-11-17(22(15)23)16-9-20-21(28-12-27-20)10-18(16)24-3/h4-6,8-11H,7,12H2,1-3H3. The first-order valence-corrected chi connectivity index (χ1v) is 8.86. The van der Waals surface area contributed by atoms with Crippen LogP contribution in [-0.2, 0) is 0 Å². The molecule has 0 aliphatic carbocycles. The molecule has 0 fully saturated rings. The Bertz CT molecular complexity index is 1120. The molecule has 6 heteroatoms. The molecule has 2 aromatic carbocycles. The SMILES string of the molecule is COc1cc2c(cc1-c1coc3cc(OCC=C(C)C)ccc3c1=O)OCO2. The fraction of sp³-hybridized carbons (Fsp3) is 0.227. The minimum Gasteiger partial charge on any atom is -0.496 e. The van der Waals surface area contributed by atoms with Crippen LogP contribution in [0.15, 0.2) is 57.5 Å². The zero-order valence-electron chi connectivity index (χ0n) is 15.9. The Morgan fingerprint density at radius 1 is 1.11 bits per heavy atom. The number of hydrogen-bond acceptors (Lipinski definition) is 6. The van der Waals surface area contributed by atoms with Gasteiger partial charge >= 0.3 is 0 Å². The van der Waals surface area contributed by atoms with Crippen molar-refractivity contribution in [1.82, 2.24) is 0 Å². The molecule has 3 aromatic rings. The van der Waals surface area contributed by atoms with Crippen LogP contribution in [0.1, 0.15) is 13.8 Å². The van der Waals surface area contributed by atoms with Crippen molar-refractivity contribution in [2.75, 3.05) is 20.5 Å². The Balaban J connectivity index is 1.75. The minimum absolute atomic E-state index is 0.143. The number of ether oxygens (including phenoxy) is 4. The van der Waals surface area contributed by atoms with Gasteiger partial charge in [0.1, 0.15) is 30.0 Å². The van der Waals surface area contributed by atoms with Gasteiger partial charge in [-0.15, -0.1) is 0 Å². The summed E-state index contributed by atoms with van der Waals surface area (Å²) in [6.45, 7) is 4.62. The van der Waals surface area contributed by atoms with E-state index in [9.17, 15) is 4.79 Å². The molecule has 0 radical (unpaired) electrons. The highest BCUT2D eigenvalue weighted by molar-refractivity contribution is 5.84. The molecule has 6 nitrogen and oxygen atoms in total. The zero-order valence-corrected chi connectivity index (χ0v) is 15.9. The van der Waals surface area contributed by atoms with Crippen LogP contribution in [0, 0.1) is 0 Å². The van der Waals surface area contributed by atoms with Crippen LogP contribution in [0.2, 0.25) is 0 Å². The quantitative estimate of drug-likeness (QED) is 0.605. The van der Waals surface area contributed by atoms with Crippen molar-refractivity contribution in [2.24, 2.45) is 0 Å². The summed E-state index contributed by atoms with van der Waals surface area (Å²) in [6.07, 6.45) is 3.42. The molecule has 28 heavy (non-hydrogen) atoms. The number of allylic oxidation sites excluding steroid dienone is 1. The lowest BCUT2D eigenvalue weighted by Crippen LogP contribution is -2.06. The van der Waals surface area contributed by atoms with Gasteiger partial charge in [0.25, 0.3) is 0 Å². The van der Waals surface area contributed by atoms with Gasteiger partial charge in [-0.3, -0.25) is 4.79 Å². The Morgan fingerprint density at radius 3 is 2.64 bits per heavy atom. The molecule has 0 N–H and O–H groups in total. The fourth-order valence-corrected chi connectivity index (χ4v) is 2.99. The number of hydrogen-bond donors (Lipinski definition) is 0. The van der Waals surface area contributed by atoms with Gasteiger partial charge in [0, 0.05) is 17.7 Å². The monoisotopic (exact) mass is 380 g/mol. The summed E-state index contributed by atoms with van der Waals surface area (Å²) in [5.41, 5.74) is 2.46. The van der Waals surface area contributed by atoms with Crippen molar-refractivity contribution in [3.63, 3.8) is 0 Å². The highest BCUT2D eigenvalue weighted by Crippen LogP contribution is 2.42. The van der Waals surface area contributed by atoms with Crippen LogP contribution < -0.4 is 24.4 Å². The third-order valence-electron chi connectivity index (χ3n) is 4.47. The maximum atomic E-state index is 13.1. The lowest BCUT2D eigenvalue weighted by atomic mass is 10.0. The molecule has 2 heterocycles. The molecule has 0 spiro atoms. The lowest BCUT2D eigenvalue weighted by Gasteiger charge is -2.10. The molecular weight excluding hydrogens is 360 g/mol.